The second-order valence-corrected chi connectivity index (χ2v) is 2.42. The highest BCUT2D eigenvalue weighted by Crippen LogP contribution is 2.12. The number of nitrogens with two attached hydrogens (primary N) is 1. The van der Waals surface area contributed by atoms with Crippen molar-refractivity contribution in [3.8, 4) is 0 Å². The number of rotatable bonds is 3. The summed E-state index contributed by atoms with van der Waals surface area (Å²) in [5.74, 6) is -1.95. The predicted octanol–water partition coefficient (Wildman–Crippen LogP) is 0.662. The van der Waals surface area contributed by atoms with Crippen molar-refractivity contribution in [3.63, 3.8) is 0 Å². The zero-order chi connectivity index (χ0) is 8.36. The molecule has 0 heterocycles. The topological polar surface area (TPSA) is 63.3 Å². The molecule has 0 aromatic rings. The lowest BCUT2D eigenvalue weighted by Gasteiger charge is -2.16. The summed E-state index contributed by atoms with van der Waals surface area (Å²) in [7, 11) is 0. The Bertz CT molecular complexity index is 165. The van der Waals surface area contributed by atoms with Crippen LogP contribution in [0.4, 0.5) is 4.39 Å². The van der Waals surface area contributed by atoms with E-state index in [-0.39, 0.29) is 6.42 Å². The van der Waals surface area contributed by atoms with E-state index in [1.807, 2.05) is 0 Å². The normalized spacial score (nSPS) is 15.9. The number of halogens is 1. The van der Waals surface area contributed by atoms with Gasteiger partial charge in [-0.3, -0.25) is 4.79 Å². The average Bonchev–Trinajstić information content (AvgIpc) is 1.60. The molecule has 0 aliphatic carbocycles. The van der Waals surface area contributed by atoms with Crippen LogP contribution in [-0.4, -0.2) is 16.6 Å². The van der Waals surface area contributed by atoms with Crippen LogP contribution in [0, 0.1) is 0 Å². The maximum absolute atomic E-state index is 12.0. The Kier molecular flexibility index (Phi) is 2.54. The SMILES string of the molecule is C=C(F)CC(C)(N)C(=O)O. The Labute approximate surface area is 58.3 Å². The van der Waals surface area contributed by atoms with Gasteiger partial charge in [0.2, 0.25) is 0 Å². The van der Waals surface area contributed by atoms with Gasteiger partial charge in [-0.25, -0.2) is 4.39 Å². The molecule has 0 radical (unpaired) electrons. The van der Waals surface area contributed by atoms with Crippen LogP contribution in [0.5, 0.6) is 0 Å². The molecule has 3 nitrogen and oxygen atoms in total. The number of hydrogen-bond acceptors (Lipinski definition) is 2. The van der Waals surface area contributed by atoms with Gasteiger partial charge in [-0.1, -0.05) is 6.58 Å². The molecule has 10 heavy (non-hydrogen) atoms. The van der Waals surface area contributed by atoms with E-state index in [0.29, 0.717) is 0 Å². The second kappa shape index (κ2) is 2.79. The summed E-state index contributed by atoms with van der Waals surface area (Å²) in [4.78, 5) is 10.2. The largest absolute Gasteiger partial charge is 0.480 e. The Morgan fingerprint density at radius 3 is 2.40 bits per heavy atom. The summed E-state index contributed by atoms with van der Waals surface area (Å²) < 4.78 is 12.0. The zero-order valence-electron chi connectivity index (χ0n) is 5.72. The fraction of sp³-hybridized carbons (Fsp3) is 0.500. The van der Waals surface area contributed by atoms with Gasteiger partial charge in [-0.05, 0) is 6.92 Å². The molecule has 0 aliphatic heterocycles. The molecule has 0 fully saturated rings. The maximum Gasteiger partial charge on any atom is 0.323 e. The second-order valence-electron chi connectivity index (χ2n) is 2.42. The van der Waals surface area contributed by atoms with Gasteiger partial charge in [0.05, 0.1) is 5.83 Å². The first-order valence-corrected chi connectivity index (χ1v) is 2.72. The van der Waals surface area contributed by atoms with Crippen LogP contribution in [-0.2, 0) is 4.79 Å². The Balaban J connectivity index is 4.13. The van der Waals surface area contributed by atoms with Crippen LogP contribution < -0.4 is 5.73 Å². The summed E-state index contributed by atoms with van der Waals surface area (Å²) in [6.07, 6.45) is -0.345. The summed E-state index contributed by atoms with van der Waals surface area (Å²) in [5, 5.41) is 8.36. The van der Waals surface area contributed by atoms with Crippen molar-refractivity contribution in [2.75, 3.05) is 0 Å². The number of carboxylic acids is 1. The minimum Gasteiger partial charge on any atom is -0.480 e. The molecule has 0 saturated carbocycles. The van der Waals surface area contributed by atoms with E-state index < -0.39 is 17.3 Å². The fourth-order valence-corrected chi connectivity index (χ4v) is 0.474. The van der Waals surface area contributed by atoms with E-state index in [9.17, 15) is 9.18 Å². The Hall–Kier alpha value is -0.900. The molecule has 0 saturated heterocycles. The minimum atomic E-state index is -1.54. The molecule has 3 N–H and O–H groups in total. The first-order chi connectivity index (χ1) is 4.36. The lowest BCUT2D eigenvalue weighted by molar-refractivity contribution is -0.142. The monoisotopic (exact) mass is 147 g/mol. The van der Waals surface area contributed by atoms with Crippen LogP contribution in [0.3, 0.4) is 0 Å². The molecule has 58 valence electrons. The molecule has 0 bridgehead atoms. The van der Waals surface area contributed by atoms with Crippen LogP contribution >= 0.6 is 0 Å². The van der Waals surface area contributed by atoms with E-state index >= 15 is 0 Å². The van der Waals surface area contributed by atoms with E-state index in [2.05, 4.69) is 6.58 Å². The lowest BCUT2D eigenvalue weighted by Crippen LogP contribution is -2.44. The van der Waals surface area contributed by atoms with Gasteiger partial charge in [0.25, 0.3) is 0 Å². The van der Waals surface area contributed by atoms with Crippen LogP contribution in [0.15, 0.2) is 12.4 Å². The smallest absolute Gasteiger partial charge is 0.323 e. The quantitative estimate of drug-likeness (QED) is 0.616. The van der Waals surface area contributed by atoms with Crippen LogP contribution in [0.1, 0.15) is 13.3 Å². The van der Waals surface area contributed by atoms with Crippen molar-refractivity contribution in [1.82, 2.24) is 0 Å². The van der Waals surface area contributed by atoms with Gasteiger partial charge < -0.3 is 10.8 Å². The van der Waals surface area contributed by atoms with Gasteiger partial charge in [-0.15, -0.1) is 0 Å². The highest BCUT2D eigenvalue weighted by Gasteiger charge is 2.28. The molecule has 0 aromatic carbocycles. The van der Waals surface area contributed by atoms with Crippen LogP contribution in [0.2, 0.25) is 0 Å². The minimum absolute atomic E-state index is 0.345. The fourth-order valence-electron chi connectivity index (χ4n) is 0.474. The molecule has 0 aliphatic rings. The van der Waals surface area contributed by atoms with Crippen molar-refractivity contribution >= 4 is 5.97 Å². The van der Waals surface area contributed by atoms with Gasteiger partial charge in [-0.2, -0.15) is 0 Å². The van der Waals surface area contributed by atoms with Gasteiger partial charge >= 0.3 is 5.97 Å². The molecular weight excluding hydrogens is 137 g/mol. The third-order valence-electron chi connectivity index (χ3n) is 1.05. The number of carbonyl (C=O) groups is 1. The summed E-state index contributed by atoms with van der Waals surface area (Å²) in [5.41, 5.74) is 3.62. The summed E-state index contributed by atoms with van der Waals surface area (Å²) in [6, 6.07) is 0. The van der Waals surface area contributed by atoms with E-state index in [4.69, 9.17) is 10.8 Å². The van der Waals surface area contributed by atoms with Crippen molar-refractivity contribution in [2.45, 2.75) is 18.9 Å². The number of aliphatic carboxylic acids is 1. The third-order valence-corrected chi connectivity index (χ3v) is 1.05. The van der Waals surface area contributed by atoms with E-state index in [1.165, 1.54) is 6.92 Å². The van der Waals surface area contributed by atoms with Crippen molar-refractivity contribution in [2.24, 2.45) is 5.73 Å². The molecule has 0 rings (SSSR count). The van der Waals surface area contributed by atoms with Gasteiger partial charge in [0.1, 0.15) is 5.54 Å². The standard InChI is InChI=1S/C6H10FNO2/c1-4(7)3-6(2,8)5(9)10/h1,3,8H2,2H3,(H,9,10). The van der Waals surface area contributed by atoms with Crippen molar-refractivity contribution in [1.29, 1.82) is 0 Å². The highest BCUT2D eigenvalue weighted by molar-refractivity contribution is 5.78. The molecular formula is C6H10FNO2. The lowest BCUT2D eigenvalue weighted by atomic mass is 9.99. The molecule has 1 unspecified atom stereocenters. The summed E-state index contributed by atoms with van der Waals surface area (Å²) >= 11 is 0. The molecule has 1 atom stereocenters. The number of hydrogen-bond donors (Lipinski definition) is 2. The first kappa shape index (κ1) is 9.10. The highest BCUT2D eigenvalue weighted by atomic mass is 19.1. The predicted molar refractivity (Wildman–Crippen MR) is 35.1 cm³/mol. The maximum atomic E-state index is 12.0. The van der Waals surface area contributed by atoms with Crippen LogP contribution in [0.25, 0.3) is 0 Å². The molecule has 0 aromatic heterocycles. The Morgan fingerprint density at radius 2 is 2.30 bits per heavy atom. The summed E-state index contributed by atoms with van der Waals surface area (Å²) in [6.45, 7) is 4.15. The third kappa shape index (κ3) is 2.59. The number of carboxylic acid groups (broad SMARTS) is 1. The average molecular weight is 147 g/mol. The van der Waals surface area contributed by atoms with Crippen molar-refractivity contribution in [3.05, 3.63) is 12.4 Å². The van der Waals surface area contributed by atoms with Gasteiger partial charge in [0.15, 0.2) is 0 Å². The first-order valence-electron chi connectivity index (χ1n) is 2.72. The zero-order valence-corrected chi connectivity index (χ0v) is 5.72. The molecule has 4 heteroatoms. The van der Waals surface area contributed by atoms with E-state index in [0.717, 1.165) is 0 Å². The van der Waals surface area contributed by atoms with Crippen molar-refractivity contribution < 1.29 is 14.3 Å². The molecule has 0 spiro atoms. The Morgan fingerprint density at radius 1 is 1.90 bits per heavy atom. The molecule has 0 amide bonds. The van der Waals surface area contributed by atoms with Gasteiger partial charge in [0, 0.05) is 6.42 Å². The van der Waals surface area contributed by atoms with E-state index in [1.54, 1.807) is 0 Å².